The van der Waals surface area contributed by atoms with Gasteiger partial charge in [-0.3, -0.25) is 0 Å². The van der Waals surface area contributed by atoms with Gasteiger partial charge < -0.3 is 0 Å². The maximum atomic E-state index is 2.53. The van der Waals surface area contributed by atoms with Crippen LogP contribution < -0.4 is 4.46 Å². The SMILES string of the molecule is C1=C[C@@H]2C[C@@H]([Se]c3ccccc3)[C@@H]3C=C[C@H]1[C@@H]2C3. The molecular weight excluding hydrogens is 283 g/mol. The van der Waals surface area contributed by atoms with Gasteiger partial charge in [-0.15, -0.1) is 0 Å². The Labute approximate surface area is 115 Å². The van der Waals surface area contributed by atoms with E-state index in [1.165, 1.54) is 12.8 Å². The molecule has 92 valence electrons. The third kappa shape index (κ3) is 1.81. The summed E-state index contributed by atoms with van der Waals surface area (Å²) in [5, 5.41) is 0. The maximum absolute atomic E-state index is 2.53. The molecule has 1 fully saturated rings. The van der Waals surface area contributed by atoms with E-state index in [2.05, 4.69) is 54.6 Å². The van der Waals surface area contributed by atoms with Crippen molar-refractivity contribution in [1.82, 2.24) is 0 Å². The van der Waals surface area contributed by atoms with Crippen molar-refractivity contribution in [3.05, 3.63) is 54.6 Å². The van der Waals surface area contributed by atoms with E-state index >= 15 is 0 Å². The zero-order chi connectivity index (χ0) is 11.9. The van der Waals surface area contributed by atoms with E-state index in [-0.39, 0.29) is 0 Å². The molecule has 1 heteroatoms. The first-order valence-corrected chi connectivity index (χ1v) is 8.83. The Morgan fingerprint density at radius 2 is 1.61 bits per heavy atom. The van der Waals surface area contributed by atoms with E-state index < -0.39 is 0 Å². The summed E-state index contributed by atoms with van der Waals surface area (Å²) in [5.74, 6) is 3.47. The van der Waals surface area contributed by atoms with Crippen LogP contribution in [0.4, 0.5) is 0 Å². The summed E-state index contributed by atoms with van der Waals surface area (Å²) < 4.78 is 1.57. The Balaban J connectivity index is 1.58. The molecule has 1 aromatic rings. The molecule has 1 aromatic carbocycles. The first-order valence-electron chi connectivity index (χ1n) is 6.98. The molecule has 3 aliphatic carbocycles. The van der Waals surface area contributed by atoms with E-state index in [4.69, 9.17) is 0 Å². The quantitative estimate of drug-likeness (QED) is 0.581. The van der Waals surface area contributed by atoms with Crippen molar-refractivity contribution < 1.29 is 0 Å². The molecule has 1 saturated carbocycles. The Morgan fingerprint density at radius 1 is 0.833 bits per heavy atom. The van der Waals surface area contributed by atoms with Gasteiger partial charge in [0.05, 0.1) is 0 Å². The van der Waals surface area contributed by atoms with Crippen LogP contribution in [0.25, 0.3) is 0 Å². The van der Waals surface area contributed by atoms with Crippen LogP contribution in [0.1, 0.15) is 12.8 Å². The zero-order valence-corrected chi connectivity index (χ0v) is 12.1. The van der Waals surface area contributed by atoms with Crippen LogP contribution in [0.5, 0.6) is 0 Å². The summed E-state index contributed by atoms with van der Waals surface area (Å²) in [6.45, 7) is 0. The normalized spacial score (nSPS) is 40.1. The number of rotatable bonds is 2. The predicted octanol–water partition coefficient (Wildman–Crippen LogP) is 3.20. The van der Waals surface area contributed by atoms with Crippen molar-refractivity contribution in [2.75, 3.05) is 0 Å². The molecule has 4 rings (SSSR count). The summed E-state index contributed by atoms with van der Waals surface area (Å²) in [5.41, 5.74) is 0. The molecular formula is C17H18Se. The fraction of sp³-hybridized carbons (Fsp3) is 0.412. The van der Waals surface area contributed by atoms with Crippen LogP contribution in [0.2, 0.25) is 4.82 Å². The average Bonchev–Trinajstić information content (AvgIpc) is 2.85. The van der Waals surface area contributed by atoms with Crippen LogP contribution in [-0.4, -0.2) is 15.0 Å². The summed E-state index contributed by atoms with van der Waals surface area (Å²) in [6.07, 6.45) is 12.9. The Morgan fingerprint density at radius 3 is 2.44 bits per heavy atom. The molecule has 0 heterocycles. The minimum absolute atomic E-state index is 0.643. The molecule has 0 saturated heterocycles. The van der Waals surface area contributed by atoms with E-state index in [1.807, 2.05) is 0 Å². The molecule has 3 aliphatic rings. The van der Waals surface area contributed by atoms with Gasteiger partial charge in [0.25, 0.3) is 0 Å². The topological polar surface area (TPSA) is 0 Å². The molecule has 0 nitrogen and oxygen atoms in total. The second kappa shape index (κ2) is 4.40. The molecule has 2 bridgehead atoms. The third-order valence-corrected chi connectivity index (χ3v) is 7.68. The van der Waals surface area contributed by atoms with E-state index in [1.54, 1.807) is 4.46 Å². The number of allylic oxidation sites excluding steroid dienone is 4. The standard InChI is InChI=1S/C17H18Se/c1-2-4-15(5-3-1)18-17-11-13-8-6-12-7-9-14(17)10-16(12)13/h1-9,12-14,16-17H,10-11H2/t12-,13+,14+,16-,17+/m0/s1. The van der Waals surface area contributed by atoms with Crippen molar-refractivity contribution in [2.24, 2.45) is 23.7 Å². The molecule has 0 unspecified atom stereocenters. The molecule has 5 atom stereocenters. The van der Waals surface area contributed by atoms with Crippen molar-refractivity contribution in [3.8, 4) is 0 Å². The fourth-order valence-corrected chi connectivity index (χ4v) is 6.68. The van der Waals surface area contributed by atoms with Gasteiger partial charge in [-0.2, -0.15) is 0 Å². The summed E-state index contributed by atoms with van der Waals surface area (Å²) in [7, 11) is 0. The molecule has 0 aliphatic heterocycles. The van der Waals surface area contributed by atoms with Gasteiger partial charge in [-0.1, -0.05) is 0 Å². The molecule has 0 aromatic heterocycles. The number of benzene rings is 1. The van der Waals surface area contributed by atoms with Crippen LogP contribution >= 0.6 is 0 Å². The van der Waals surface area contributed by atoms with Gasteiger partial charge in [0.2, 0.25) is 0 Å². The van der Waals surface area contributed by atoms with Crippen LogP contribution in [0, 0.1) is 23.7 Å². The number of fused-ring (bicyclic) bond motifs is 1. The van der Waals surface area contributed by atoms with Crippen molar-refractivity contribution in [1.29, 1.82) is 0 Å². The zero-order valence-electron chi connectivity index (χ0n) is 10.4. The van der Waals surface area contributed by atoms with Gasteiger partial charge >= 0.3 is 115 Å². The molecule has 0 radical (unpaired) electrons. The van der Waals surface area contributed by atoms with Gasteiger partial charge in [0.1, 0.15) is 0 Å². The Kier molecular flexibility index (Phi) is 2.71. The van der Waals surface area contributed by atoms with Crippen molar-refractivity contribution in [3.63, 3.8) is 0 Å². The Hall–Kier alpha value is -0.781. The summed E-state index contributed by atoms with van der Waals surface area (Å²) in [6, 6.07) is 11.1. The first kappa shape index (κ1) is 11.1. The van der Waals surface area contributed by atoms with E-state index in [0.29, 0.717) is 15.0 Å². The average molecular weight is 301 g/mol. The second-order valence-electron chi connectivity index (χ2n) is 5.78. The van der Waals surface area contributed by atoms with Crippen LogP contribution in [0.3, 0.4) is 0 Å². The third-order valence-electron chi connectivity index (χ3n) is 4.76. The fourth-order valence-electron chi connectivity index (χ4n) is 3.83. The van der Waals surface area contributed by atoms with Gasteiger partial charge in [-0.25, -0.2) is 0 Å². The van der Waals surface area contributed by atoms with Gasteiger partial charge in [-0.05, 0) is 0 Å². The number of hydrogen-bond acceptors (Lipinski definition) is 0. The van der Waals surface area contributed by atoms with Crippen molar-refractivity contribution in [2.45, 2.75) is 17.7 Å². The Bertz CT molecular complexity index is 488. The number of hydrogen-bond donors (Lipinski definition) is 0. The molecule has 0 spiro atoms. The van der Waals surface area contributed by atoms with Gasteiger partial charge in [0.15, 0.2) is 0 Å². The second-order valence-corrected chi connectivity index (χ2v) is 8.53. The van der Waals surface area contributed by atoms with Gasteiger partial charge in [0, 0.05) is 0 Å². The molecule has 18 heavy (non-hydrogen) atoms. The first-order chi connectivity index (χ1) is 8.90. The van der Waals surface area contributed by atoms with Crippen LogP contribution in [0.15, 0.2) is 54.6 Å². The summed E-state index contributed by atoms with van der Waals surface area (Å²) in [4.78, 5) is 0.918. The van der Waals surface area contributed by atoms with Crippen molar-refractivity contribution >= 4 is 19.4 Å². The predicted molar refractivity (Wildman–Crippen MR) is 77.1 cm³/mol. The van der Waals surface area contributed by atoms with Crippen LogP contribution in [-0.2, 0) is 0 Å². The molecule has 0 N–H and O–H groups in total. The molecule has 0 amide bonds. The summed E-state index contributed by atoms with van der Waals surface area (Å²) >= 11 is 0.643. The monoisotopic (exact) mass is 302 g/mol. The minimum atomic E-state index is 0.643. The van der Waals surface area contributed by atoms with E-state index in [9.17, 15) is 0 Å². The van der Waals surface area contributed by atoms with E-state index in [0.717, 1.165) is 28.5 Å².